The minimum Gasteiger partial charge on any atom is -0.493 e. The van der Waals surface area contributed by atoms with E-state index in [9.17, 15) is 0 Å². The van der Waals surface area contributed by atoms with Gasteiger partial charge in [-0.25, -0.2) is 0 Å². The second-order valence-electron chi connectivity index (χ2n) is 6.33. The Morgan fingerprint density at radius 2 is 2.00 bits per heavy atom. The highest BCUT2D eigenvalue weighted by Gasteiger charge is 2.30. The lowest BCUT2D eigenvalue weighted by molar-refractivity contribution is 0.232. The smallest absolute Gasteiger partial charge is 0.122 e. The van der Waals surface area contributed by atoms with Crippen LogP contribution >= 0.6 is 0 Å². The van der Waals surface area contributed by atoms with Gasteiger partial charge in [-0.15, -0.1) is 0 Å². The van der Waals surface area contributed by atoms with E-state index in [-0.39, 0.29) is 0 Å². The predicted octanol–water partition coefficient (Wildman–Crippen LogP) is 4.11. The van der Waals surface area contributed by atoms with Crippen molar-refractivity contribution in [1.82, 2.24) is 5.32 Å². The van der Waals surface area contributed by atoms with Gasteiger partial charge < -0.3 is 10.1 Å². The van der Waals surface area contributed by atoms with Gasteiger partial charge in [0.1, 0.15) is 5.75 Å². The molecule has 2 atom stereocenters. The highest BCUT2D eigenvalue weighted by atomic mass is 16.5. The number of rotatable bonds is 5. The maximum Gasteiger partial charge on any atom is 0.122 e. The van der Waals surface area contributed by atoms with Crippen LogP contribution in [0, 0.1) is 5.92 Å². The number of likely N-dealkylation sites (N-methyl/N-ethyl adjacent to an activating group) is 1. The SMILES string of the molecule is CCNC(CC1CCCC1)C1CCOc2ccccc21. The highest BCUT2D eigenvalue weighted by Crippen LogP contribution is 2.39. The lowest BCUT2D eigenvalue weighted by Gasteiger charge is -2.34. The Hall–Kier alpha value is -1.02. The zero-order valence-electron chi connectivity index (χ0n) is 12.6. The molecule has 2 aliphatic rings. The normalized spacial score (nSPS) is 24.1. The van der Waals surface area contributed by atoms with E-state index in [1.807, 2.05) is 0 Å². The fourth-order valence-corrected chi connectivity index (χ4v) is 4.04. The number of benzene rings is 1. The zero-order valence-corrected chi connectivity index (χ0v) is 12.6. The van der Waals surface area contributed by atoms with E-state index < -0.39 is 0 Å². The Labute approximate surface area is 122 Å². The molecule has 1 aromatic rings. The summed E-state index contributed by atoms with van der Waals surface area (Å²) in [7, 11) is 0. The maximum absolute atomic E-state index is 5.82. The summed E-state index contributed by atoms with van der Waals surface area (Å²) in [6.45, 7) is 4.16. The molecule has 0 aromatic heterocycles. The minimum atomic E-state index is 0.619. The summed E-state index contributed by atoms with van der Waals surface area (Å²) in [6, 6.07) is 9.24. The van der Waals surface area contributed by atoms with Crippen molar-refractivity contribution in [2.75, 3.05) is 13.2 Å². The maximum atomic E-state index is 5.82. The van der Waals surface area contributed by atoms with Gasteiger partial charge in [-0.1, -0.05) is 50.8 Å². The van der Waals surface area contributed by atoms with E-state index in [0.717, 1.165) is 31.2 Å². The van der Waals surface area contributed by atoms with E-state index in [2.05, 4.69) is 36.5 Å². The summed E-state index contributed by atoms with van der Waals surface area (Å²) in [5.74, 6) is 2.67. The molecule has 0 radical (unpaired) electrons. The molecule has 20 heavy (non-hydrogen) atoms. The third-order valence-corrected chi connectivity index (χ3v) is 5.02. The molecule has 1 aliphatic carbocycles. The van der Waals surface area contributed by atoms with Crippen LogP contribution in [-0.2, 0) is 0 Å². The van der Waals surface area contributed by atoms with Crippen LogP contribution in [0.5, 0.6) is 5.75 Å². The van der Waals surface area contributed by atoms with E-state index >= 15 is 0 Å². The number of hydrogen-bond donors (Lipinski definition) is 1. The second kappa shape index (κ2) is 6.62. The number of fused-ring (bicyclic) bond motifs is 1. The monoisotopic (exact) mass is 273 g/mol. The van der Waals surface area contributed by atoms with Gasteiger partial charge in [0, 0.05) is 12.0 Å². The van der Waals surface area contributed by atoms with Crippen molar-refractivity contribution in [3.63, 3.8) is 0 Å². The molecule has 3 rings (SSSR count). The molecular formula is C18H27NO. The van der Waals surface area contributed by atoms with Crippen LogP contribution in [0.2, 0.25) is 0 Å². The van der Waals surface area contributed by atoms with E-state index in [0.29, 0.717) is 12.0 Å². The molecular weight excluding hydrogens is 246 g/mol. The van der Waals surface area contributed by atoms with Gasteiger partial charge >= 0.3 is 0 Å². The van der Waals surface area contributed by atoms with Gasteiger partial charge in [0.15, 0.2) is 0 Å². The second-order valence-corrected chi connectivity index (χ2v) is 6.33. The van der Waals surface area contributed by atoms with Gasteiger partial charge in [-0.2, -0.15) is 0 Å². The molecule has 1 aliphatic heterocycles. The third-order valence-electron chi connectivity index (χ3n) is 5.02. The van der Waals surface area contributed by atoms with Crippen LogP contribution in [0.3, 0.4) is 0 Å². The Bertz CT molecular complexity index is 425. The first-order valence-corrected chi connectivity index (χ1v) is 8.33. The quantitative estimate of drug-likeness (QED) is 0.871. The van der Waals surface area contributed by atoms with Crippen molar-refractivity contribution in [1.29, 1.82) is 0 Å². The van der Waals surface area contributed by atoms with Crippen molar-refractivity contribution in [3.8, 4) is 5.75 Å². The third kappa shape index (κ3) is 3.01. The number of hydrogen-bond acceptors (Lipinski definition) is 2. The molecule has 1 saturated carbocycles. The van der Waals surface area contributed by atoms with Crippen molar-refractivity contribution >= 4 is 0 Å². The summed E-state index contributed by atoms with van der Waals surface area (Å²) in [6.07, 6.45) is 8.25. The average molecular weight is 273 g/mol. The van der Waals surface area contributed by atoms with Crippen LogP contribution < -0.4 is 10.1 Å². The van der Waals surface area contributed by atoms with E-state index in [4.69, 9.17) is 4.74 Å². The molecule has 0 amide bonds. The van der Waals surface area contributed by atoms with Gasteiger partial charge in [-0.3, -0.25) is 0 Å². The molecule has 0 bridgehead atoms. The number of ether oxygens (including phenoxy) is 1. The van der Waals surface area contributed by atoms with Crippen LogP contribution in [0.25, 0.3) is 0 Å². The summed E-state index contributed by atoms with van der Waals surface area (Å²) in [5, 5.41) is 3.76. The Morgan fingerprint density at radius 3 is 2.80 bits per heavy atom. The molecule has 1 fully saturated rings. The Kier molecular flexibility index (Phi) is 4.62. The summed E-state index contributed by atoms with van der Waals surface area (Å²) >= 11 is 0. The van der Waals surface area contributed by atoms with Crippen LogP contribution in [0.15, 0.2) is 24.3 Å². The molecule has 2 heteroatoms. The van der Waals surface area contributed by atoms with Crippen molar-refractivity contribution in [2.24, 2.45) is 5.92 Å². The molecule has 2 unspecified atom stereocenters. The standard InChI is InChI=1S/C18H27NO/c1-2-19-17(13-14-7-3-4-8-14)15-11-12-20-18-10-6-5-9-16(15)18/h5-6,9-10,14-15,17,19H,2-4,7-8,11-13H2,1H3. The fraction of sp³-hybridized carbons (Fsp3) is 0.667. The predicted molar refractivity (Wildman–Crippen MR) is 83.3 cm³/mol. The minimum absolute atomic E-state index is 0.619. The summed E-state index contributed by atoms with van der Waals surface area (Å²) < 4.78 is 5.82. The molecule has 1 N–H and O–H groups in total. The van der Waals surface area contributed by atoms with Gasteiger partial charge in [0.05, 0.1) is 6.61 Å². The van der Waals surface area contributed by atoms with Crippen molar-refractivity contribution in [2.45, 2.75) is 57.4 Å². The van der Waals surface area contributed by atoms with Gasteiger partial charge in [-0.05, 0) is 36.9 Å². The average Bonchev–Trinajstić information content (AvgIpc) is 2.99. The zero-order chi connectivity index (χ0) is 13.8. The first-order chi connectivity index (χ1) is 9.88. The van der Waals surface area contributed by atoms with E-state index in [1.54, 1.807) is 0 Å². The lowest BCUT2D eigenvalue weighted by Crippen LogP contribution is -2.38. The number of nitrogens with one attached hydrogen (secondary N) is 1. The summed E-state index contributed by atoms with van der Waals surface area (Å²) in [4.78, 5) is 0. The summed E-state index contributed by atoms with van der Waals surface area (Å²) in [5.41, 5.74) is 1.42. The largest absolute Gasteiger partial charge is 0.493 e. The molecule has 0 spiro atoms. The molecule has 2 nitrogen and oxygen atoms in total. The molecule has 0 saturated heterocycles. The topological polar surface area (TPSA) is 21.3 Å². The van der Waals surface area contributed by atoms with E-state index in [1.165, 1.54) is 37.7 Å². The molecule has 1 aromatic carbocycles. The van der Waals surface area contributed by atoms with Crippen molar-refractivity contribution < 1.29 is 4.74 Å². The lowest BCUT2D eigenvalue weighted by atomic mass is 9.82. The Balaban J connectivity index is 1.76. The highest BCUT2D eigenvalue weighted by molar-refractivity contribution is 5.38. The van der Waals surface area contributed by atoms with Crippen molar-refractivity contribution in [3.05, 3.63) is 29.8 Å². The van der Waals surface area contributed by atoms with Gasteiger partial charge in [0.2, 0.25) is 0 Å². The van der Waals surface area contributed by atoms with Gasteiger partial charge in [0.25, 0.3) is 0 Å². The fourth-order valence-electron chi connectivity index (χ4n) is 4.04. The van der Waals surface area contributed by atoms with Crippen LogP contribution in [0.4, 0.5) is 0 Å². The molecule has 1 heterocycles. The molecule has 110 valence electrons. The first kappa shape index (κ1) is 13.9. The number of para-hydroxylation sites is 1. The van der Waals surface area contributed by atoms with Crippen LogP contribution in [-0.4, -0.2) is 19.2 Å². The van der Waals surface area contributed by atoms with Crippen LogP contribution in [0.1, 0.15) is 56.9 Å². The first-order valence-electron chi connectivity index (χ1n) is 8.33. The Morgan fingerprint density at radius 1 is 1.20 bits per heavy atom.